The summed E-state index contributed by atoms with van der Waals surface area (Å²) in [6.45, 7) is 10.8. The van der Waals surface area contributed by atoms with E-state index in [1.165, 1.54) is 0 Å². The number of ether oxygens (including phenoxy) is 1. The van der Waals surface area contributed by atoms with Crippen molar-refractivity contribution in [3.63, 3.8) is 0 Å². The molecule has 0 unspecified atom stereocenters. The lowest BCUT2D eigenvalue weighted by Gasteiger charge is -2.19. The van der Waals surface area contributed by atoms with Crippen molar-refractivity contribution in [3.8, 4) is 5.75 Å². The van der Waals surface area contributed by atoms with E-state index in [9.17, 15) is 9.59 Å². The van der Waals surface area contributed by atoms with Crippen molar-refractivity contribution in [3.05, 3.63) is 63.6 Å². The fourth-order valence-corrected chi connectivity index (χ4v) is 3.08. The summed E-state index contributed by atoms with van der Waals surface area (Å²) in [7, 11) is 0. The number of halogens is 1. The molecule has 2 amide bonds. The molecule has 8 heteroatoms. The summed E-state index contributed by atoms with van der Waals surface area (Å²) in [6.07, 6.45) is 0. The van der Waals surface area contributed by atoms with E-state index in [0.717, 1.165) is 10.0 Å². The topological polar surface area (TPSA) is 79.5 Å². The Morgan fingerprint density at radius 1 is 1.03 bits per heavy atom. The van der Waals surface area contributed by atoms with Gasteiger partial charge in [-0.3, -0.25) is 25.8 Å². The van der Waals surface area contributed by atoms with Crippen molar-refractivity contribution < 1.29 is 14.3 Å². The first kappa shape index (κ1) is 24.8. The number of carbonyl (C=O) groups is 2. The fourth-order valence-electron chi connectivity index (χ4n) is 2.57. The third-order valence-corrected chi connectivity index (χ3v) is 4.99. The molecule has 3 N–H and O–H groups in total. The molecule has 2 aromatic rings. The maximum absolute atomic E-state index is 12.7. The van der Waals surface area contributed by atoms with Crippen molar-refractivity contribution >= 4 is 45.1 Å². The van der Waals surface area contributed by atoms with E-state index in [4.69, 9.17) is 17.0 Å². The van der Waals surface area contributed by atoms with Gasteiger partial charge in [-0.05, 0) is 59.4 Å². The van der Waals surface area contributed by atoms with E-state index in [-0.39, 0.29) is 16.4 Å². The SMILES string of the molecule is CC(C)COc1ccc(Br)cc1C(=O)NC(=S)NNC(=O)c1ccc(C(C)(C)C)cc1. The minimum atomic E-state index is -0.443. The first-order chi connectivity index (χ1) is 14.5. The molecule has 0 aromatic heterocycles. The number of nitrogens with one attached hydrogen (secondary N) is 3. The van der Waals surface area contributed by atoms with Crippen LogP contribution >= 0.6 is 28.1 Å². The highest BCUT2D eigenvalue weighted by atomic mass is 79.9. The average Bonchev–Trinajstić information content (AvgIpc) is 2.70. The lowest BCUT2D eigenvalue weighted by Crippen LogP contribution is -2.48. The van der Waals surface area contributed by atoms with E-state index in [1.54, 1.807) is 30.3 Å². The van der Waals surface area contributed by atoms with Gasteiger partial charge in [0.2, 0.25) is 0 Å². The second-order valence-corrected chi connectivity index (χ2v) is 9.86. The molecule has 0 radical (unpaired) electrons. The van der Waals surface area contributed by atoms with Crippen LogP contribution in [0.15, 0.2) is 46.9 Å². The molecule has 0 aliphatic rings. The van der Waals surface area contributed by atoms with Gasteiger partial charge in [-0.1, -0.05) is 62.7 Å². The molecule has 0 heterocycles. The quantitative estimate of drug-likeness (QED) is 0.404. The third kappa shape index (κ3) is 7.63. The Morgan fingerprint density at radius 3 is 2.26 bits per heavy atom. The minimum absolute atomic E-state index is 0.00325. The highest BCUT2D eigenvalue weighted by molar-refractivity contribution is 9.10. The normalized spacial score (nSPS) is 11.1. The monoisotopic (exact) mass is 505 g/mol. The lowest BCUT2D eigenvalue weighted by atomic mass is 9.87. The largest absolute Gasteiger partial charge is 0.492 e. The Balaban J connectivity index is 1.96. The smallest absolute Gasteiger partial charge is 0.269 e. The van der Waals surface area contributed by atoms with Gasteiger partial charge >= 0.3 is 0 Å². The summed E-state index contributed by atoms with van der Waals surface area (Å²) in [4.78, 5) is 25.0. The number of carbonyl (C=O) groups excluding carboxylic acids is 2. The van der Waals surface area contributed by atoms with E-state index in [2.05, 4.69) is 52.9 Å². The Hall–Kier alpha value is -2.45. The summed E-state index contributed by atoms with van der Waals surface area (Å²) < 4.78 is 6.47. The Labute approximate surface area is 197 Å². The molecule has 0 aliphatic carbocycles. The molecule has 0 fully saturated rings. The van der Waals surface area contributed by atoms with Crippen molar-refractivity contribution in [2.45, 2.75) is 40.0 Å². The molecule has 0 atom stereocenters. The minimum Gasteiger partial charge on any atom is -0.492 e. The predicted octanol–water partition coefficient (Wildman–Crippen LogP) is 4.73. The molecular formula is C23H28BrN3O3S. The highest BCUT2D eigenvalue weighted by Gasteiger charge is 2.17. The van der Waals surface area contributed by atoms with E-state index in [0.29, 0.717) is 29.4 Å². The van der Waals surface area contributed by atoms with Gasteiger partial charge in [0.25, 0.3) is 11.8 Å². The zero-order chi connectivity index (χ0) is 23.2. The van der Waals surface area contributed by atoms with Crippen LogP contribution in [0.25, 0.3) is 0 Å². The molecule has 0 bridgehead atoms. The Kier molecular flexibility index (Phi) is 8.59. The lowest BCUT2D eigenvalue weighted by molar-refractivity contribution is 0.0933. The molecule has 0 spiro atoms. The highest BCUT2D eigenvalue weighted by Crippen LogP contribution is 2.24. The second kappa shape index (κ2) is 10.7. The van der Waals surface area contributed by atoms with Crippen LogP contribution in [0.3, 0.4) is 0 Å². The van der Waals surface area contributed by atoms with Gasteiger partial charge in [0.1, 0.15) is 5.75 Å². The number of benzene rings is 2. The number of thiocarbonyl (C=S) groups is 1. The maximum Gasteiger partial charge on any atom is 0.269 e. The fraction of sp³-hybridized carbons (Fsp3) is 0.348. The molecule has 166 valence electrons. The van der Waals surface area contributed by atoms with Crippen molar-refractivity contribution in [2.24, 2.45) is 5.92 Å². The standard InChI is InChI=1S/C23H28BrN3O3S/c1-14(2)13-30-19-11-10-17(24)12-18(19)21(29)25-22(31)27-26-20(28)15-6-8-16(9-7-15)23(3,4)5/h6-12,14H,13H2,1-5H3,(H,26,28)(H2,25,27,29,31). The third-order valence-electron chi connectivity index (χ3n) is 4.29. The number of hydrazine groups is 1. The second-order valence-electron chi connectivity index (χ2n) is 8.54. The van der Waals surface area contributed by atoms with E-state index in [1.807, 2.05) is 26.0 Å². The van der Waals surface area contributed by atoms with Crippen LogP contribution in [0.5, 0.6) is 5.75 Å². The molecule has 31 heavy (non-hydrogen) atoms. The van der Waals surface area contributed by atoms with Crippen molar-refractivity contribution in [1.82, 2.24) is 16.2 Å². The first-order valence-corrected chi connectivity index (χ1v) is 11.1. The molecule has 2 aromatic carbocycles. The van der Waals surface area contributed by atoms with Gasteiger partial charge in [0, 0.05) is 10.0 Å². The summed E-state index contributed by atoms with van der Waals surface area (Å²) in [5, 5.41) is 2.52. The number of amides is 2. The number of rotatable bonds is 5. The average molecular weight is 506 g/mol. The summed E-state index contributed by atoms with van der Waals surface area (Å²) in [6, 6.07) is 12.5. The zero-order valence-electron chi connectivity index (χ0n) is 18.3. The number of hydrogen-bond donors (Lipinski definition) is 3. The van der Waals surface area contributed by atoms with Crippen LogP contribution in [-0.4, -0.2) is 23.5 Å². The van der Waals surface area contributed by atoms with E-state index < -0.39 is 5.91 Å². The van der Waals surface area contributed by atoms with Crippen LogP contribution in [-0.2, 0) is 5.41 Å². The molecule has 2 rings (SSSR count). The maximum atomic E-state index is 12.7. The van der Waals surface area contributed by atoms with Crippen LogP contribution in [0.4, 0.5) is 0 Å². The van der Waals surface area contributed by atoms with Crippen molar-refractivity contribution in [1.29, 1.82) is 0 Å². The predicted molar refractivity (Wildman–Crippen MR) is 130 cm³/mol. The Bertz CT molecular complexity index is 954. The Morgan fingerprint density at radius 2 is 1.68 bits per heavy atom. The summed E-state index contributed by atoms with van der Waals surface area (Å²) in [5.74, 6) is -0.0306. The van der Waals surface area contributed by atoms with Crippen LogP contribution < -0.4 is 20.9 Å². The van der Waals surface area contributed by atoms with Crippen LogP contribution in [0, 0.1) is 5.92 Å². The van der Waals surface area contributed by atoms with Gasteiger partial charge in [-0.2, -0.15) is 0 Å². The molecule has 0 saturated heterocycles. The van der Waals surface area contributed by atoms with Gasteiger partial charge in [0.05, 0.1) is 12.2 Å². The van der Waals surface area contributed by atoms with Crippen molar-refractivity contribution in [2.75, 3.05) is 6.61 Å². The van der Waals surface area contributed by atoms with Gasteiger partial charge in [-0.15, -0.1) is 0 Å². The molecule has 0 aliphatic heterocycles. The molecule has 0 saturated carbocycles. The van der Waals surface area contributed by atoms with Crippen LogP contribution in [0.1, 0.15) is 60.9 Å². The van der Waals surface area contributed by atoms with Gasteiger partial charge in [-0.25, -0.2) is 0 Å². The van der Waals surface area contributed by atoms with Gasteiger partial charge in [0.15, 0.2) is 5.11 Å². The van der Waals surface area contributed by atoms with Crippen LogP contribution in [0.2, 0.25) is 0 Å². The zero-order valence-corrected chi connectivity index (χ0v) is 20.7. The number of hydrogen-bond acceptors (Lipinski definition) is 4. The molecular weight excluding hydrogens is 478 g/mol. The van der Waals surface area contributed by atoms with Gasteiger partial charge < -0.3 is 4.74 Å². The summed E-state index contributed by atoms with van der Waals surface area (Å²) in [5.41, 5.74) is 7.00. The van der Waals surface area contributed by atoms with E-state index >= 15 is 0 Å². The first-order valence-electron chi connectivity index (χ1n) is 9.92. The summed E-state index contributed by atoms with van der Waals surface area (Å²) >= 11 is 8.50. The molecule has 6 nitrogen and oxygen atoms in total.